The molecule has 0 aromatic heterocycles. The molecule has 1 aromatic rings. The second-order valence-electron chi connectivity index (χ2n) is 8.18. The molecule has 6 heteroatoms. The predicted octanol–water partition coefficient (Wildman–Crippen LogP) is 4.94. The maximum atomic E-state index is 12.6. The van der Waals surface area contributed by atoms with Crippen molar-refractivity contribution in [2.45, 2.75) is 52.0 Å². The smallest absolute Gasteiger partial charge is 0.319 e. The predicted molar refractivity (Wildman–Crippen MR) is 120 cm³/mol. The molecule has 2 heterocycles. The van der Waals surface area contributed by atoms with Crippen LogP contribution in [0.5, 0.6) is 0 Å². The van der Waals surface area contributed by atoms with E-state index in [1.807, 2.05) is 17.0 Å². The third-order valence-corrected chi connectivity index (χ3v) is 6.44. The highest BCUT2D eigenvalue weighted by atomic mass is 35.5. The van der Waals surface area contributed by atoms with Gasteiger partial charge in [-0.15, -0.1) is 12.4 Å². The van der Waals surface area contributed by atoms with Gasteiger partial charge in [-0.2, -0.15) is 0 Å². The van der Waals surface area contributed by atoms with E-state index in [4.69, 9.17) is 11.6 Å². The Kier molecular flexibility index (Phi) is 9.39. The van der Waals surface area contributed by atoms with Crippen LogP contribution in [0, 0.1) is 5.92 Å². The van der Waals surface area contributed by atoms with Crippen molar-refractivity contribution in [2.75, 3.05) is 39.3 Å². The summed E-state index contributed by atoms with van der Waals surface area (Å²) in [6.07, 6.45) is 5.61. The third-order valence-electron chi connectivity index (χ3n) is 6.20. The Balaban J connectivity index is 0.00000280. The fourth-order valence-electron chi connectivity index (χ4n) is 4.50. The number of hydrogen-bond acceptors (Lipinski definition) is 2. The first-order chi connectivity index (χ1) is 13.1. The molecule has 0 spiro atoms. The third kappa shape index (κ3) is 6.27. The molecule has 4 nitrogen and oxygen atoms in total. The largest absolute Gasteiger partial charge is 0.325 e. The van der Waals surface area contributed by atoms with Crippen LogP contribution >= 0.6 is 24.0 Å². The van der Waals surface area contributed by atoms with E-state index in [0.717, 1.165) is 76.4 Å². The quantitative estimate of drug-likeness (QED) is 0.642. The second kappa shape index (κ2) is 11.3. The lowest BCUT2D eigenvalue weighted by Gasteiger charge is -2.38. The van der Waals surface area contributed by atoms with Crippen LogP contribution < -0.4 is 0 Å². The Hall–Kier alpha value is -0.970. The summed E-state index contributed by atoms with van der Waals surface area (Å²) in [5, 5.41) is 0.817. The fraction of sp³-hybridized carbons (Fsp3) is 0.682. The lowest BCUT2D eigenvalue weighted by Crippen LogP contribution is -2.47. The number of likely N-dealkylation sites (tertiary alicyclic amines) is 2. The molecule has 1 aromatic carbocycles. The number of likely N-dealkylation sites (N-methyl/N-ethyl adjacent to an activating group) is 1. The van der Waals surface area contributed by atoms with E-state index >= 15 is 0 Å². The number of carbonyl (C=O) groups excluding carboxylic acids is 1. The Labute approximate surface area is 181 Å². The molecular weight excluding hydrogens is 393 g/mol. The van der Waals surface area contributed by atoms with Crippen molar-refractivity contribution in [3.8, 4) is 0 Å². The lowest BCUT2D eigenvalue weighted by molar-refractivity contribution is 0.116. The number of piperidine rings is 1. The fourth-order valence-corrected chi connectivity index (χ4v) is 4.71. The minimum Gasteiger partial charge on any atom is -0.325 e. The molecule has 3 rings (SSSR count). The number of carbonyl (C=O) groups is 1. The van der Waals surface area contributed by atoms with E-state index in [1.54, 1.807) is 0 Å². The highest BCUT2D eigenvalue weighted by Crippen LogP contribution is 2.22. The van der Waals surface area contributed by atoms with Gasteiger partial charge < -0.3 is 14.7 Å². The van der Waals surface area contributed by atoms with Crippen LogP contribution in [0.25, 0.3) is 0 Å². The van der Waals surface area contributed by atoms with Crippen LogP contribution in [0.3, 0.4) is 0 Å². The van der Waals surface area contributed by atoms with Crippen molar-refractivity contribution < 1.29 is 4.79 Å². The summed E-state index contributed by atoms with van der Waals surface area (Å²) < 4.78 is 0. The van der Waals surface area contributed by atoms with Crippen LogP contribution in [-0.2, 0) is 6.42 Å². The summed E-state index contributed by atoms with van der Waals surface area (Å²) in [4.78, 5) is 19.3. The molecule has 2 saturated heterocycles. The number of urea groups is 1. The summed E-state index contributed by atoms with van der Waals surface area (Å²) in [7, 11) is 0. The molecule has 0 unspecified atom stereocenters. The first kappa shape index (κ1) is 23.3. The van der Waals surface area contributed by atoms with E-state index < -0.39 is 0 Å². The zero-order valence-electron chi connectivity index (χ0n) is 17.3. The molecule has 0 aliphatic carbocycles. The Bertz CT molecular complexity index is 614. The van der Waals surface area contributed by atoms with E-state index in [9.17, 15) is 4.79 Å². The van der Waals surface area contributed by atoms with E-state index in [0.29, 0.717) is 12.0 Å². The molecule has 28 heavy (non-hydrogen) atoms. The van der Waals surface area contributed by atoms with E-state index in [-0.39, 0.29) is 18.4 Å². The van der Waals surface area contributed by atoms with Crippen LogP contribution in [0.2, 0.25) is 5.02 Å². The topological polar surface area (TPSA) is 26.8 Å². The summed E-state index contributed by atoms with van der Waals surface area (Å²) >= 11 is 6.13. The van der Waals surface area contributed by atoms with Gasteiger partial charge in [0.25, 0.3) is 0 Å². The van der Waals surface area contributed by atoms with Crippen molar-refractivity contribution in [1.82, 2.24) is 14.7 Å². The molecule has 158 valence electrons. The minimum atomic E-state index is 0. The van der Waals surface area contributed by atoms with E-state index in [2.05, 4.69) is 35.8 Å². The van der Waals surface area contributed by atoms with Gasteiger partial charge in [0.1, 0.15) is 0 Å². The molecule has 0 bridgehead atoms. The Morgan fingerprint density at radius 2 is 1.82 bits per heavy atom. The second-order valence-corrected chi connectivity index (χ2v) is 8.61. The molecule has 2 aliphatic rings. The molecule has 0 radical (unpaired) electrons. The van der Waals surface area contributed by atoms with Gasteiger partial charge in [-0.25, -0.2) is 4.79 Å². The Morgan fingerprint density at radius 1 is 1.18 bits per heavy atom. The number of halogens is 2. The maximum absolute atomic E-state index is 12.6. The van der Waals surface area contributed by atoms with Gasteiger partial charge in [-0.3, -0.25) is 0 Å². The molecule has 2 aliphatic heterocycles. The minimum absolute atomic E-state index is 0. The Morgan fingerprint density at radius 3 is 2.43 bits per heavy atom. The highest BCUT2D eigenvalue weighted by Gasteiger charge is 2.28. The lowest BCUT2D eigenvalue weighted by atomic mass is 9.95. The molecular formula is C22H35Cl2N3O. The number of benzene rings is 1. The van der Waals surface area contributed by atoms with E-state index in [1.165, 1.54) is 5.56 Å². The summed E-state index contributed by atoms with van der Waals surface area (Å²) in [5.74, 6) is 0.689. The van der Waals surface area contributed by atoms with Crippen molar-refractivity contribution >= 4 is 30.0 Å². The standard InChI is InChI=1S/C22H34ClN3O.ClH/c1-3-24(18(2)15-20-7-6-8-21(23)16-20)17-19-9-13-26(14-10-19)22(27)25-11-4-5-12-25;/h6-8,16,18-19H,3-5,9-15,17H2,1-2H3;1H/t18-;/m0./s1. The van der Waals surface area contributed by atoms with Gasteiger partial charge in [0, 0.05) is 43.8 Å². The number of rotatable bonds is 6. The first-order valence-corrected chi connectivity index (χ1v) is 11.0. The van der Waals surface area contributed by atoms with Crippen molar-refractivity contribution in [3.05, 3.63) is 34.9 Å². The molecule has 2 fully saturated rings. The van der Waals surface area contributed by atoms with Gasteiger partial charge in [0.15, 0.2) is 0 Å². The summed E-state index contributed by atoms with van der Waals surface area (Å²) in [6, 6.07) is 8.98. The normalized spacial score (nSPS) is 19.0. The maximum Gasteiger partial charge on any atom is 0.319 e. The summed E-state index contributed by atoms with van der Waals surface area (Å²) in [5.41, 5.74) is 1.31. The van der Waals surface area contributed by atoms with Gasteiger partial charge in [0.2, 0.25) is 0 Å². The van der Waals surface area contributed by atoms with Gasteiger partial charge in [0.05, 0.1) is 0 Å². The highest BCUT2D eigenvalue weighted by molar-refractivity contribution is 6.30. The average molecular weight is 428 g/mol. The average Bonchev–Trinajstić information content (AvgIpc) is 3.20. The molecule has 2 amide bonds. The van der Waals surface area contributed by atoms with Crippen LogP contribution in [-0.4, -0.2) is 66.0 Å². The van der Waals surface area contributed by atoms with Crippen LogP contribution in [0.4, 0.5) is 4.79 Å². The zero-order valence-corrected chi connectivity index (χ0v) is 18.9. The first-order valence-electron chi connectivity index (χ1n) is 10.6. The monoisotopic (exact) mass is 427 g/mol. The van der Waals surface area contributed by atoms with Gasteiger partial charge in [-0.1, -0.05) is 30.7 Å². The van der Waals surface area contributed by atoms with Crippen LogP contribution in [0.1, 0.15) is 45.1 Å². The van der Waals surface area contributed by atoms with Gasteiger partial charge in [-0.05, 0) is 69.2 Å². The number of amides is 2. The summed E-state index contributed by atoms with van der Waals surface area (Å²) in [6.45, 7) is 10.5. The van der Waals surface area contributed by atoms with Gasteiger partial charge >= 0.3 is 6.03 Å². The molecule has 0 saturated carbocycles. The molecule has 1 atom stereocenters. The van der Waals surface area contributed by atoms with Crippen molar-refractivity contribution in [3.63, 3.8) is 0 Å². The number of hydrogen-bond donors (Lipinski definition) is 0. The zero-order chi connectivity index (χ0) is 19.2. The number of nitrogens with zero attached hydrogens (tertiary/aromatic N) is 3. The van der Waals surface area contributed by atoms with Crippen molar-refractivity contribution in [2.24, 2.45) is 5.92 Å². The SMILES string of the molecule is CCN(CC1CCN(C(=O)N2CCCC2)CC1)[C@@H](C)Cc1cccc(Cl)c1.Cl. The van der Waals surface area contributed by atoms with Crippen molar-refractivity contribution in [1.29, 1.82) is 0 Å². The van der Waals surface area contributed by atoms with Crippen LogP contribution in [0.15, 0.2) is 24.3 Å². The molecule has 0 N–H and O–H groups in total.